The molecular formula is C16H25N3O2. The van der Waals surface area contributed by atoms with Crippen LogP contribution in [0.2, 0.25) is 0 Å². The molecule has 1 aromatic heterocycles. The highest BCUT2D eigenvalue weighted by Crippen LogP contribution is 2.24. The molecule has 116 valence electrons. The molecule has 5 nitrogen and oxygen atoms in total. The number of ether oxygens (including phenoxy) is 1. The first-order chi connectivity index (χ1) is 10.1. The van der Waals surface area contributed by atoms with Crippen LogP contribution in [0, 0.1) is 12.8 Å². The highest BCUT2D eigenvalue weighted by atomic mass is 16.5. The van der Waals surface area contributed by atoms with Crippen LogP contribution in [0.15, 0.2) is 6.20 Å². The Morgan fingerprint density at radius 1 is 1.38 bits per heavy atom. The van der Waals surface area contributed by atoms with E-state index in [0.717, 1.165) is 18.8 Å². The summed E-state index contributed by atoms with van der Waals surface area (Å²) in [5, 5.41) is 3.41. The Morgan fingerprint density at radius 2 is 2.19 bits per heavy atom. The van der Waals surface area contributed by atoms with Crippen molar-refractivity contribution in [3.8, 4) is 0 Å². The van der Waals surface area contributed by atoms with Crippen LogP contribution in [0.3, 0.4) is 0 Å². The van der Waals surface area contributed by atoms with Crippen LogP contribution in [0.5, 0.6) is 0 Å². The first-order valence-electron chi connectivity index (χ1n) is 7.87. The van der Waals surface area contributed by atoms with Crippen molar-refractivity contribution in [1.29, 1.82) is 0 Å². The molecule has 0 aliphatic heterocycles. The second-order valence-electron chi connectivity index (χ2n) is 5.87. The monoisotopic (exact) mass is 291 g/mol. The molecule has 5 heteroatoms. The maximum Gasteiger partial charge on any atom is 0.341 e. The van der Waals surface area contributed by atoms with E-state index in [4.69, 9.17) is 4.74 Å². The SMILES string of the molecule is CCOC(=O)c1cnc(NC2CCCC(C)CC2)nc1C. The average Bonchev–Trinajstić information content (AvgIpc) is 2.64. The van der Waals surface area contributed by atoms with Crippen molar-refractivity contribution in [3.05, 3.63) is 17.5 Å². The predicted molar refractivity (Wildman–Crippen MR) is 82.4 cm³/mol. The van der Waals surface area contributed by atoms with E-state index in [-0.39, 0.29) is 5.97 Å². The fourth-order valence-electron chi connectivity index (χ4n) is 2.76. The van der Waals surface area contributed by atoms with Gasteiger partial charge in [0.2, 0.25) is 5.95 Å². The van der Waals surface area contributed by atoms with E-state index in [2.05, 4.69) is 22.2 Å². The minimum atomic E-state index is -0.357. The topological polar surface area (TPSA) is 64.1 Å². The van der Waals surface area contributed by atoms with Crippen LogP contribution in [0.1, 0.15) is 62.0 Å². The van der Waals surface area contributed by atoms with E-state index in [9.17, 15) is 4.79 Å². The van der Waals surface area contributed by atoms with Crippen LogP contribution in [-0.2, 0) is 4.74 Å². The fraction of sp³-hybridized carbons (Fsp3) is 0.688. The van der Waals surface area contributed by atoms with Crippen LogP contribution in [-0.4, -0.2) is 28.6 Å². The Kier molecular flexibility index (Phi) is 5.53. The van der Waals surface area contributed by atoms with Crippen molar-refractivity contribution in [1.82, 2.24) is 9.97 Å². The molecule has 2 unspecified atom stereocenters. The second kappa shape index (κ2) is 7.38. The lowest BCUT2D eigenvalue weighted by Crippen LogP contribution is -2.21. The summed E-state index contributed by atoms with van der Waals surface area (Å²) in [5.41, 5.74) is 1.10. The minimum Gasteiger partial charge on any atom is -0.462 e. The number of anilines is 1. The van der Waals surface area contributed by atoms with Crippen LogP contribution >= 0.6 is 0 Å². The number of esters is 1. The molecule has 2 atom stereocenters. The zero-order chi connectivity index (χ0) is 15.2. The highest BCUT2D eigenvalue weighted by Gasteiger charge is 2.18. The lowest BCUT2D eigenvalue weighted by molar-refractivity contribution is 0.0524. The molecule has 0 bridgehead atoms. The van der Waals surface area contributed by atoms with Crippen molar-refractivity contribution >= 4 is 11.9 Å². The number of nitrogens with zero attached hydrogens (tertiary/aromatic N) is 2. The van der Waals surface area contributed by atoms with Gasteiger partial charge >= 0.3 is 5.97 Å². The molecule has 1 N–H and O–H groups in total. The van der Waals surface area contributed by atoms with Gasteiger partial charge in [0.15, 0.2) is 0 Å². The maximum atomic E-state index is 11.7. The third kappa shape index (κ3) is 4.41. The van der Waals surface area contributed by atoms with Gasteiger partial charge in [0.25, 0.3) is 0 Å². The molecule has 0 amide bonds. The average molecular weight is 291 g/mol. The van der Waals surface area contributed by atoms with Crippen LogP contribution in [0.4, 0.5) is 5.95 Å². The molecule has 1 fully saturated rings. The first kappa shape index (κ1) is 15.7. The van der Waals surface area contributed by atoms with Gasteiger partial charge in [-0.2, -0.15) is 0 Å². The summed E-state index contributed by atoms with van der Waals surface area (Å²) in [4.78, 5) is 20.4. The summed E-state index contributed by atoms with van der Waals surface area (Å²) in [7, 11) is 0. The van der Waals surface area contributed by atoms with E-state index in [1.807, 2.05) is 6.92 Å². The summed E-state index contributed by atoms with van der Waals surface area (Å²) in [6.45, 7) is 6.28. The van der Waals surface area contributed by atoms with Gasteiger partial charge in [-0.1, -0.05) is 19.8 Å². The third-order valence-corrected chi connectivity index (χ3v) is 4.07. The Balaban J connectivity index is 2.01. The summed E-state index contributed by atoms with van der Waals surface area (Å²) >= 11 is 0. The number of aryl methyl sites for hydroxylation is 1. The van der Waals surface area contributed by atoms with Gasteiger partial charge in [0, 0.05) is 12.2 Å². The van der Waals surface area contributed by atoms with Gasteiger partial charge in [-0.25, -0.2) is 14.8 Å². The number of nitrogens with one attached hydrogen (secondary N) is 1. The molecule has 0 spiro atoms. The minimum absolute atomic E-state index is 0.357. The molecule has 21 heavy (non-hydrogen) atoms. The van der Waals surface area contributed by atoms with Crippen molar-refractivity contribution in [2.24, 2.45) is 5.92 Å². The molecule has 1 aliphatic rings. The van der Waals surface area contributed by atoms with Crippen molar-refractivity contribution in [2.75, 3.05) is 11.9 Å². The molecule has 0 saturated heterocycles. The van der Waals surface area contributed by atoms with E-state index in [1.165, 1.54) is 19.3 Å². The largest absolute Gasteiger partial charge is 0.462 e. The molecule has 1 heterocycles. The van der Waals surface area contributed by atoms with Crippen LogP contribution in [0.25, 0.3) is 0 Å². The van der Waals surface area contributed by atoms with Crippen LogP contribution < -0.4 is 5.32 Å². The molecule has 0 aromatic carbocycles. The fourth-order valence-corrected chi connectivity index (χ4v) is 2.76. The molecule has 1 saturated carbocycles. The number of hydrogen-bond acceptors (Lipinski definition) is 5. The molecular weight excluding hydrogens is 266 g/mol. The van der Waals surface area contributed by atoms with Gasteiger partial charge < -0.3 is 10.1 Å². The van der Waals surface area contributed by atoms with Crippen molar-refractivity contribution in [3.63, 3.8) is 0 Å². The van der Waals surface area contributed by atoms with Gasteiger partial charge in [0.1, 0.15) is 0 Å². The number of aromatic nitrogens is 2. The number of carbonyl (C=O) groups excluding carboxylic acids is 1. The normalized spacial score (nSPS) is 22.4. The number of carbonyl (C=O) groups is 1. The van der Waals surface area contributed by atoms with Crippen molar-refractivity contribution in [2.45, 2.75) is 58.9 Å². The summed E-state index contributed by atoms with van der Waals surface area (Å²) in [6.07, 6.45) is 7.67. The van der Waals surface area contributed by atoms with E-state index < -0.39 is 0 Å². The predicted octanol–water partition coefficient (Wildman–Crippen LogP) is 3.34. The Morgan fingerprint density at radius 3 is 2.90 bits per heavy atom. The summed E-state index contributed by atoms with van der Waals surface area (Å²) in [6, 6.07) is 0.433. The lowest BCUT2D eigenvalue weighted by Gasteiger charge is -2.16. The Bertz CT molecular complexity index is 490. The first-order valence-corrected chi connectivity index (χ1v) is 7.87. The summed E-state index contributed by atoms with van der Waals surface area (Å²) < 4.78 is 4.99. The maximum absolute atomic E-state index is 11.7. The smallest absolute Gasteiger partial charge is 0.341 e. The van der Waals surface area contributed by atoms with E-state index in [1.54, 1.807) is 13.1 Å². The standard InChI is InChI=1S/C16H25N3O2/c1-4-21-15(20)14-10-17-16(18-12(14)3)19-13-7-5-6-11(2)8-9-13/h10-11,13H,4-9H2,1-3H3,(H,17,18,19). The van der Waals surface area contributed by atoms with E-state index >= 15 is 0 Å². The molecule has 1 aliphatic carbocycles. The van der Waals surface area contributed by atoms with Gasteiger partial charge in [0.05, 0.1) is 17.9 Å². The Labute approximate surface area is 126 Å². The Hall–Kier alpha value is -1.65. The van der Waals surface area contributed by atoms with Gasteiger partial charge in [-0.05, 0) is 39.0 Å². The quantitative estimate of drug-likeness (QED) is 0.681. The molecule has 0 radical (unpaired) electrons. The third-order valence-electron chi connectivity index (χ3n) is 4.07. The zero-order valence-corrected chi connectivity index (χ0v) is 13.2. The van der Waals surface area contributed by atoms with Gasteiger partial charge in [-0.15, -0.1) is 0 Å². The lowest BCUT2D eigenvalue weighted by atomic mass is 10.0. The molecule has 1 aromatic rings. The van der Waals surface area contributed by atoms with Gasteiger partial charge in [-0.3, -0.25) is 0 Å². The number of hydrogen-bond donors (Lipinski definition) is 1. The van der Waals surface area contributed by atoms with Crippen molar-refractivity contribution < 1.29 is 9.53 Å². The summed E-state index contributed by atoms with van der Waals surface area (Å²) in [5.74, 6) is 1.07. The number of rotatable bonds is 4. The zero-order valence-electron chi connectivity index (χ0n) is 13.2. The molecule has 2 rings (SSSR count). The highest BCUT2D eigenvalue weighted by molar-refractivity contribution is 5.90. The second-order valence-corrected chi connectivity index (χ2v) is 5.87. The van der Waals surface area contributed by atoms with E-state index in [0.29, 0.717) is 29.9 Å².